The number of aliphatic hydroxyl groups excluding tert-OH is 2. The van der Waals surface area contributed by atoms with Crippen LogP contribution in [0.4, 0.5) is 17.6 Å². The molecule has 3 nitrogen and oxygen atoms in total. The Kier molecular flexibility index (Phi) is 5.53. The maximum absolute atomic E-state index is 13.7. The van der Waals surface area contributed by atoms with E-state index in [9.17, 15) is 22.4 Å². The van der Waals surface area contributed by atoms with Gasteiger partial charge in [0, 0.05) is 22.3 Å². The molecule has 2 N–H and O–H groups in total. The van der Waals surface area contributed by atoms with Crippen LogP contribution in [0.2, 0.25) is 0 Å². The molecule has 2 aromatic carbocycles. The first-order chi connectivity index (χ1) is 12.0. The molecule has 2 unspecified atom stereocenters. The Morgan fingerprint density at radius 3 is 1.23 bits per heavy atom. The van der Waals surface area contributed by atoms with Crippen molar-refractivity contribution in [3.63, 3.8) is 0 Å². The molecular weight excluding hydrogens is 352 g/mol. The zero-order valence-corrected chi connectivity index (χ0v) is 14.1. The molecule has 7 heteroatoms. The smallest absolute Gasteiger partial charge is 0.298 e. The maximum atomic E-state index is 13.7. The molecule has 0 heterocycles. The molecule has 0 saturated carbocycles. The zero-order valence-electron chi connectivity index (χ0n) is 14.1. The van der Waals surface area contributed by atoms with E-state index in [1.54, 1.807) is 0 Å². The van der Waals surface area contributed by atoms with Crippen molar-refractivity contribution in [1.82, 2.24) is 0 Å². The van der Waals surface area contributed by atoms with Crippen LogP contribution < -0.4 is 0 Å². The van der Waals surface area contributed by atoms with Gasteiger partial charge in [-0.25, -0.2) is 0 Å². The van der Waals surface area contributed by atoms with E-state index in [0.29, 0.717) is 0 Å². The Bertz CT molecular complexity index is 701. The predicted molar refractivity (Wildman–Crippen MR) is 87.5 cm³/mol. The molecule has 0 aliphatic carbocycles. The third-order valence-electron chi connectivity index (χ3n) is 4.11. The molecule has 0 saturated heterocycles. The maximum Gasteiger partial charge on any atom is 0.298 e. The summed E-state index contributed by atoms with van der Waals surface area (Å²) >= 11 is 0. The summed E-state index contributed by atoms with van der Waals surface area (Å²) in [5, 5.41) is 18.2. The SMILES string of the molecule is CC(O)C(F)(F)c1ccc(C(=O)c2ccc(C(F)(F)C(C)O)cc2)cc1. The number of benzene rings is 2. The molecule has 0 fully saturated rings. The average Bonchev–Trinajstić information content (AvgIpc) is 2.61. The van der Waals surface area contributed by atoms with Crippen LogP contribution in [0.25, 0.3) is 0 Å². The molecular formula is C19H18F4O3. The second-order valence-corrected chi connectivity index (χ2v) is 6.08. The van der Waals surface area contributed by atoms with Crippen LogP contribution in [0.1, 0.15) is 40.9 Å². The molecule has 0 radical (unpaired) electrons. The fraction of sp³-hybridized carbons (Fsp3) is 0.316. The van der Waals surface area contributed by atoms with Gasteiger partial charge in [-0.15, -0.1) is 0 Å². The highest BCUT2D eigenvalue weighted by Crippen LogP contribution is 2.33. The minimum Gasteiger partial charge on any atom is -0.387 e. The van der Waals surface area contributed by atoms with Gasteiger partial charge in [-0.3, -0.25) is 4.79 Å². The fourth-order valence-corrected chi connectivity index (χ4v) is 2.34. The normalized spacial score (nSPS) is 14.8. The summed E-state index contributed by atoms with van der Waals surface area (Å²) in [7, 11) is 0. The van der Waals surface area contributed by atoms with Gasteiger partial charge < -0.3 is 10.2 Å². The van der Waals surface area contributed by atoms with Gasteiger partial charge in [-0.1, -0.05) is 48.5 Å². The lowest BCUT2D eigenvalue weighted by molar-refractivity contribution is -0.106. The summed E-state index contributed by atoms with van der Waals surface area (Å²) in [6, 6.07) is 8.90. The second kappa shape index (κ2) is 7.17. The van der Waals surface area contributed by atoms with Gasteiger partial charge in [0.1, 0.15) is 12.2 Å². The van der Waals surface area contributed by atoms with E-state index < -0.39 is 41.0 Å². The van der Waals surface area contributed by atoms with Gasteiger partial charge >= 0.3 is 0 Å². The molecule has 0 amide bonds. The highest BCUT2D eigenvalue weighted by atomic mass is 19.3. The Morgan fingerprint density at radius 2 is 1.00 bits per heavy atom. The quantitative estimate of drug-likeness (QED) is 0.600. The van der Waals surface area contributed by atoms with Crippen LogP contribution in [0.3, 0.4) is 0 Å². The topological polar surface area (TPSA) is 57.5 Å². The Morgan fingerprint density at radius 1 is 0.731 bits per heavy atom. The Hall–Kier alpha value is -2.25. The summed E-state index contributed by atoms with van der Waals surface area (Å²) in [6.07, 6.45) is -3.76. The zero-order chi connectivity index (χ0) is 19.7. The van der Waals surface area contributed by atoms with Gasteiger partial charge in [0.15, 0.2) is 5.78 Å². The minimum atomic E-state index is -3.45. The molecule has 2 rings (SSSR count). The molecule has 2 atom stereocenters. The number of hydrogen-bond donors (Lipinski definition) is 2. The molecule has 0 aliphatic heterocycles. The largest absolute Gasteiger partial charge is 0.387 e. The lowest BCUT2D eigenvalue weighted by atomic mass is 9.96. The van der Waals surface area contributed by atoms with Gasteiger partial charge in [-0.05, 0) is 13.8 Å². The van der Waals surface area contributed by atoms with E-state index in [1.807, 2.05) is 0 Å². The van der Waals surface area contributed by atoms with E-state index in [1.165, 1.54) is 24.3 Å². The summed E-state index contributed by atoms with van der Waals surface area (Å²) in [5.41, 5.74) is -0.665. The molecule has 0 aromatic heterocycles. The van der Waals surface area contributed by atoms with E-state index >= 15 is 0 Å². The van der Waals surface area contributed by atoms with Crippen molar-refractivity contribution >= 4 is 5.78 Å². The van der Waals surface area contributed by atoms with Gasteiger partial charge in [0.25, 0.3) is 11.8 Å². The van der Waals surface area contributed by atoms with Crippen molar-refractivity contribution in [2.45, 2.75) is 37.9 Å². The summed E-state index contributed by atoms with van der Waals surface area (Å²) in [5.74, 6) is -7.42. The van der Waals surface area contributed by atoms with Crippen molar-refractivity contribution in [3.05, 3.63) is 70.8 Å². The second-order valence-electron chi connectivity index (χ2n) is 6.08. The third-order valence-corrected chi connectivity index (χ3v) is 4.11. The molecule has 0 bridgehead atoms. The van der Waals surface area contributed by atoms with Gasteiger partial charge in [-0.2, -0.15) is 17.6 Å². The number of hydrogen-bond acceptors (Lipinski definition) is 3. The van der Waals surface area contributed by atoms with Crippen molar-refractivity contribution < 1.29 is 32.6 Å². The average molecular weight is 370 g/mol. The molecule has 0 spiro atoms. The van der Waals surface area contributed by atoms with E-state index in [4.69, 9.17) is 10.2 Å². The number of aliphatic hydroxyl groups is 2. The minimum absolute atomic E-state index is 0.102. The van der Waals surface area contributed by atoms with Crippen molar-refractivity contribution in [2.24, 2.45) is 0 Å². The predicted octanol–water partition coefficient (Wildman–Crippen LogP) is 3.86. The van der Waals surface area contributed by atoms with Gasteiger partial charge in [0.05, 0.1) is 0 Å². The van der Waals surface area contributed by atoms with Crippen LogP contribution in [0, 0.1) is 0 Å². The third kappa shape index (κ3) is 3.78. The molecule has 140 valence electrons. The lowest BCUT2D eigenvalue weighted by Crippen LogP contribution is -2.28. The van der Waals surface area contributed by atoms with Crippen LogP contribution in [0.5, 0.6) is 0 Å². The Labute approximate surface area is 147 Å². The highest BCUT2D eigenvalue weighted by Gasteiger charge is 2.38. The summed E-state index contributed by atoms with van der Waals surface area (Å²) < 4.78 is 54.9. The van der Waals surface area contributed by atoms with Crippen LogP contribution in [-0.4, -0.2) is 28.2 Å². The molecule has 2 aromatic rings. The van der Waals surface area contributed by atoms with Crippen molar-refractivity contribution in [2.75, 3.05) is 0 Å². The first-order valence-corrected chi connectivity index (χ1v) is 7.85. The number of carbonyl (C=O) groups is 1. The van der Waals surface area contributed by atoms with E-state index in [0.717, 1.165) is 38.1 Å². The number of halogens is 4. The molecule has 0 aliphatic rings. The first-order valence-electron chi connectivity index (χ1n) is 7.85. The van der Waals surface area contributed by atoms with Crippen LogP contribution >= 0.6 is 0 Å². The van der Waals surface area contributed by atoms with Gasteiger partial charge in [0.2, 0.25) is 0 Å². The number of ketones is 1. The summed E-state index contributed by atoms with van der Waals surface area (Å²) in [4.78, 5) is 12.4. The van der Waals surface area contributed by atoms with E-state index in [-0.39, 0.29) is 11.1 Å². The van der Waals surface area contributed by atoms with Crippen molar-refractivity contribution in [3.8, 4) is 0 Å². The number of alkyl halides is 4. The first kappa shape index (κ1) is 20.1. The van der Waals surface area contributed by atoms with Crippen LogP contribution in [-0.2, 0) is 11.8 Å². The van der Waals surface area contributed by atoms with Crippen molar-refractivity contribution in [1.29, 1.82) is 0 Å². The number of carbonyl (C=O) groups excluding carboxylic acids is 1. The number of rotatable bonds is 6. The fourth-order valence-electron chi connectivity index (χ4n) is 2.34. The summed E-state index contributed by atoms with van der Waals surface area (Å²) in [6.45, 7) is 1.92. The lowest BCUT2D eigenvalue weighted by Gasteiger charge is -2.20. The molecule has 26 heavy (non-hydrogen) atoms. The van der Waals surface area contributed by atoms with E-state index in [2.05, 4.69) is 0 Å². The standard InChI is InChI=1S/C19H18F4O3/c1-11(24)18(20,21)15-7-3-13(4-8-15)17(26)14-5-9-16(10-6-14)19(22,23)12(2)25/h3-12,24-25H,1-2H3. The highest BCUT2D eigenvalue weighted by molar-refractivity contribution is 6.09. The monoisotopic (exact) mass is 370 g/mol. The Balaban J connectivity index is 2.24. The van der Waals surface area contributed by atoms with Crippen LogP contribution in [0.15, 0.2) is 48.5 Å².